The third-order valence-electron chi connectivity index (χ3n) is 2.95. The van der Waals surface area contributed by atoms with Gasteiger partial charge in [0.15, 0.2) is 0 Å². The van der Waals surface area contributed by atoms with Crippen molar-refractivity contribution < 1.29 is 13.5 Å². The summed E-state index contributed by atoms with van der Waals surface area (Å²) in [6.45, 7) is 0.505. The molecule has 1 heterocycles. The van der Waals surface area contributed by atoms with Gasteiger partial charge in [-0.1, -0.05) is 18.2 Å². The van der Waals surface area contributed by atoms with E-state index in [4.69, 9.17) is 0 Å². The number of aromatic nitrogens is 2. The maximum absolute atomic E-state index is 12.3. The van der Waals surface area contributed by atoms with Crippen LogP contribution in [0.1, 0.15) is 18.5 Å². The SMILES string of the molecule is CC(NCCn1cccn1)c1ccccc1OC(F)F. The molecule has 0 spiro atoms. The van der Waals surface area contributed by atoms with Gasteiger partial charge in [0.1, 0.15) is 5.75 Å². The summed E-state index contributed by atoms with van der Waals surface area (Å²) in [6.07, 6.45) is 3.59. The molecule has 0 saturated heterocycles. The Hall–Kier alpha value is -1.95. The predicted molar refractivity (Wildman–Crippen MR) is 71.7 cm³/mol. The molecule has 20 heavy (non-hydrogen) atoms. The molecule has 0 aliphatic heterocycles. The summed E-state index contributed by atoms with van der Waals surface area (Å²) in [5.41, 5.74) is 0.716. The average Bonchev–Trinajstić information content (AvgIpc) is 2.91. The molecule has 0 aliphatic rings. The van der Waals surface area contributed by atoms with E-state index < -0.39 is 6.61 Å². The lowest BCUT2D eigenvalue weighted by atomic mass is 10.1. The number of alkyl halides is 2. The summed E-state index contributed by atoms with van der Waals surface area (Å²) >= 11 is 0. The Morgan fingerprint density at radius 1 is 1.30 bits per heavy atom. The second-order valence-electron chi connectivity index (χ2n) is 4.36. The number of hydrogen-bond acceptors (Lipinski definition) is 3. The van der Waals surface area contributed by atoms with Crippen molar-refractivity contribution in [3.8, 4) is 5.75 Å². The van der Waals surface area contributed by atoms with Gasteiger partial charge in [-0.05, 0) is 19.1 Å². The minimum atomic E-state index is -2.81. The smallest absolute Gasteiger partial charge is 0.387 e. The Bertz CT molecular complexity index is 517. The Balaban J connectivity index is 1.92. The number of hydrogen-bond donors (Lipinski definition) is 1. The Kier molecular flexibility index (Phi) is 5.06. The second kappa shape index (κ2) is 7.00. The van der Waals surface area contributed by atoms with Crippen molar-refractivity contribution in [2.75, 3.05) is 6.54 Å². The largest absolute Gasteiger partial charge is 0.434 e. The van der Waals surface area contributed by atoms with Crippen LogP contribution in [0.5, 0.6) is 5.75 Å². The second-order valence-corrected chi connectivity index (χ2v) is 4.36. The summed E-state index contributed by atoms with van der Waals surface area (Å²) in [5.74, 6) is 0.210. The molecule has 1 aromatic heterocycles. The van der Waals surface area contributed by atoms with Gasteiger partial charge >= 0.3 is 6.61 Å². The first-order valence-corrected chi connectivity index (χ1v) is 6.41. The fraction of sp³-hybridized carbons (Fsp3) is 0.357. The highest BCUT2D eigenvalue weighted by Crippen LogP contribution is 2.26. The number of ether oxygens (including phenoxy) is 1. The number of nitrogens with zero attached hydrogens (tertiary/aromatic N) is 2. The third kappa shape index (κ3) is 4.03. The normalized spacial score (nSPS) is 12.6. The summed E-state index contributed by atoms with van der Waals surface area (Å²) in [4.78, 5) is 0. The minimum Gasteiger partial charge on any atom is -0.434 e. The van der Waals surface area contributed by atoms with Crippen LogP contribution in [-0.2, 0) is 6.54 Å². The van der Waals surface area contributed by atoms with Crippen molar-refractivity contribution in [3.05, 3.63) is 48.3 Å². The molecule has 4 nitrogen and oxygen atoms in total. The molecule has 0 amide bonds. The molecule has 2 aromatic rings. The van der Waals surface area contributed by atoms with E-state index in [1.54, 1.807) is 35.1 Å². The van der Waals surface area contributed by atoms with Crippen molar-refractivity contribution in [1.82, 2.24) is 15.1 Å². The van der Waals surface area contributed by atoms with E-state index in [0.717, 1.165) is 6.54 Å². The topological polar surface area (TPSA) is 39.1 Å². The van der Waals surface area contributed by atoms with Crippen molar-refractivity contribution in [3.63, 3.8) is 0 Å². The number of para-hydroxylation sites is 1. The van der Waals surface area contributed by atoms with Gasteiger partial charge in [0.2, 0.25) is 0 Å². The van der Waals surface area contributed by atoms with Crippen LogP contribution in [0.3, 0.4) is 0 Å². The van der Waals surface area contributed by atoms with E-state index in [1.807, 2.05) is 19.2 Å². The zero-order valence-corrected chi connectivity index (χ0v) is 11.2. The monoisotopic (exact) mass is 281 g/mol. The van der Waals surface area contributed by atoms with E-state index in [1.165, 1.54) is 0 Å². The minimum absolute atomic E-state index is 0.0829. The molecule has 6 heteroatoms. The molecule has 108 valence electrons. The summed E-state index contributed by atoms with van der Waals surface area (Å²) < 4.78 is 31.0. The number of benzene rings is 1. The molecule has 0 fully saturated rings. The first-order chi connectivity index (χ1) is 9.66. The zero-order chi connectivity index (χ0) is 14.4. The van der Waals surface area contributed by atoms with Crippen molar-refractivity contribution in [2.45, 2.75) is 26.1 Å². The van der Waals surface area contributed by atoms with Crippen LogP contribution in [0.25, 0.3) is 0 Å². The molecule has 1 N–H and O–H groups in total. The van der Waals surface area contributed by atoms with Gasteiger partial charge in [0.25, 0.3) is 0 Å². The van der Waals surface area contributed by atoms with Gasteiger partial charge in [0.05, 0.1) is 6.54 Å². The lowest BCUT2D eigenvalue weighted by Crippen LogP contribution is -2.24. The van der Waals surface area contributed by atoms with Crippen LogP contribution in [-0.4, -0.2) is 22.9 Å². The van der Waals surface area contributed by atoms with E-state index in [2.05, 4.69) is 15.2 Å². The molecule has 1 aromatic carbocycles. The molecule has 0 bridgehead atoms. The molecular weight excluding hydrogens is 264 g/mol. The molecular formula is C14H17F2N3O. The molecule has 0 radical (unpaired) electrons. The summed E-state index contributed by atoms with van der Waals surface area (Å²) in [7, 11) is 0. The van der Waals surface area contributed by atoms with Gasteiger partial charge < -0.3 is 10.1 Å². The highest BCUT2D eigenvalue weighted by molar-refractivity contribution is 5.35. The Morgan fingerprint density at radius 2 is 2.10 bits per heavy atom. The highest BCUT2D eigenvalue weighted by atomic mass is 19.3. The standard InChI is InChI=1S/C14H17F2N3O/c1-11(17-8-10-19-9-4-7-18-19)12-5-2-3-6-13(12)20-14(15)16/h2-7,9,11,14,17H,8,10H2,1H3. The number of rotatable bonds is 7. The van der Waals surface area contributed by atoms with Gasteiger partial charge in [-0.15, -0.1) is 0 Å². The lowest BCUT2D eigenvalue weighted by molar-refractivity contribution is -0.0506. The number of halogens is 2. The maximum Gasteiger partial charge on any atom is 0.387 e. The van der Waals surface area contributed by atoms with E-state index in [-0.39, 0.29) is 11.8 Å². The first kappa shape index (κ1) is 14.5. The fourth-order valence-electron chi connectivity index (χ4n) is 1.98. The Labute approximate surface area is 116 Å². The predicted octanol–water partition coefficient (Wildman–Crippen LogP) is 2.84. The van der Waals surface area contributed by atoms with Crippen molar-refractivity contribution in [1.29, 1.82) is 0 Å². The summed E-state index contributed by atoms with van der Waals surface area (Å²) in [6, 6.07) is 8.59. The molecule has 0 aliphatic carbocycles. The van der Waals surface area contributed by atoms with Crippen LogP contribution in [0.15, 0.2) is 42.7 Å². The fourth-order valence-corrected chi connectivity index (χ4v) is 1.98. The lowest BCUT2D eigenvalue weighted by Gasteiger charge is -2.18. The van der Waals surface area contributed by atoms with Gasteiger partial charge in [0, 0.05) is 30.5 Å². The van der Waals surface area contributed by atoms with Crippen LogP contribution in [0.4, 0.5) is 8.78 Å². The molecule has 1 atom stereocenters. The van der Waals surface area contributed by atoms with E-state index in [9.17, 15) is 8.78 Å². The van der Waals surface area contributed by atoms with Crippen LogP contribution in [0.2, 0.25) is 0 Å². The van der Waals surface area contributed by atoms with Gasteiger partial charge in [-0.3, -0.25) is 4.68 Å². The van der Waals surface area contributed by atoms with Crippen LogP contribution >= 0.6 is 0 Å². The molecule has 1 unspecified atom stereocenters. The zero-order valence-electron chi connectivity index (χ0n) is 11.2. The maximum atomic E-state index is 12.3. The summed E-state index contributed by atoms with van der Waals surface area (Å²) in [5, 5.41) is 7.36. The first-order valence-electron chi connectivity index (χ1n) is 6.41. The van der Waals surface area contributed by atoms with Gasteiger partial charge in [-0.25, -0.2) is 0 Å². The quantitative estimate of drug-likeness (QED) is 0.848. The average molecular weight is 281 g/mol. The van der Waals surface area contributed by atoms with Crippen molar-refractivity contribution >= 4 is 0 Å². The molecule has 2 rings (SSSR count). The van der Waals surface area contributed by atoms with Gasteiger partial charge in [-0.2, -0.15) is 13.9 Å². The number of nitrogens with one attached hydrogen (secondary N) is 1. The highest BCUT2D eigenvalue weighted by Gasteiger charge is 2.13. The third-order valence-corrected chi connectivity index (χ3v) is 2.95. The van der Waals surface area contributed by atoms with Crippen LogP contribution < -0.4 is 10.1 Å². The van der Waals surface area contributed by atoms with Crippen molar-refractivity contribution in [2.24, 2.45) is 0 Å². The van der Waals surface area contributed by atoms with E-state index in [0.29, 0.717) is 12.1 Å². The van der Waals surface area contributed by atoms with Crippen LogP contribution in [0, 0.1) is 0 Å². The molecule has 0 saturated carbocycles. The van der Waals surface area contributed by atoms with E-state index >= 15 is 0 Å². The Morgan fingerprint density at radius 3 is 2.80 bits per heavy atom.